The van der Waals surface area contributed by atoms with Crippen LogP contribution in [0.4, 0.5) is 0 Å². The zero-order valence-corrected chi connectivity index (χ0v) is 19.7. The Kier molecular flexibility index (Phi) is 6.40. The van der Waals surface area contributed by atoms with Crippen LogP contribution in [0.5, 0.6) is 11.5 Å². The second kappa shape index (κ2) is 9.25. The fraction of sp³-hybridized carbons (Fsp3) is 0.240. The number of aromatic nitrogens is 3. The van der Waals surface area contributed by atoms with Crippen LogP contribution < -0.4 is 15.0 Å². The van der Waals surface area contributed by atoms with Crippen molar-refractivity contribution < 1.29 is 14.6 Å². The molecule has 0 amide bonds. The van der Waals surface area contributed by atoms with Crippen molar-refractivity contribution >= 4 is 22.7 Å². The third-order valence-corrected chi connectivity index (χ3v) is 5.93. The van der Waals surface area contributed by atoms with Gasteiger partial charge in [0.15, 0.2) is 16.5 Å². The van der Waals surface area contributed by atoms with Gasteiger partial charge in [0, 0.05) is 34.9 Å². The van der Waals surface area contributed by atoms with Gasteiger partial charge in [-0.2, -0.15) is 0 Å². The van der Waals surface area contributed by atoms with Gasteiger partial charge in [0.25, 0.3) is 5.56 Å². The van der Waals surface area contributed by atoms with Crippen LogP contribution in [0, 0.1) is 6.92 Å². The van der Waals surface area contributed by atoms with Gasteiger partial charge in [0.1, 0.15) is 6.61 Å². The summed E-state index contributed by atoms with van der Waals surface area (Å²) in [4.78, 5) is 22.9. The molecule has 0 aliphatic carbocycles. The lowest BCUT2D eigenvalue weighted by Crippen LogP contribution is -2.28. The molecule has 7 nitrogen and oxygen atoms in total. The molecule has 33 heavy (non-hydrogen) atoms. The van der Waals surface area contributed by atoms with E-state index in [9.17, 15) is 9.90 Å². The summed E-state index contributed by atoms with van der Waals surface area (Å²) in [6.45, 7) is 5.46. The summed E-state index contributed by atoms with van der Waals surface area (Å²) in [5.74, 6) is 0.948. The number of hydrogen-bond donors (Lipinski definition) is 1. The van der Waals surface area contributed by atoms with Crippen molar-refractivity contribution in [2.45, 2.75) is 36.3 Å². The van der Waals surface area contributed by atoms with Crippen molar-refractivity contribution in [2.24, 2.45) is 0 Å². The predicted molar refractivity (Wildman–Crippen MR) is 129 cm³/mol. The Balaban J connectivity index is 1.67. The third kappa shape index (κ3) is 5.18. The Hall–Kier alpha value is -3.36. The standard InChI is InChI=1S/C25H25N3O4S/c1-16-5-7-18-19(13-16)26-10-9-22(18)33-23-24(29)28(12-11-27-23)17-6-8-20(21(14-17)31-4)32-15-25(2,3)30/h5-14,30H,15H2,1-4H3. The van der Waals surface area contributed by atoms with Gasteiger partial charge in [-0.3, -0.25) is 14.3 Å². The summed E-state index contributed by atoms with van der Waals surface area (Å²) in [6, 6.07) is 13.2. The van der Waals surface area contributed by atoms with Gasteiger partial charge >= 0.3 is 0 Å². The maximum Gasteiger partial charge on any atom is 0.287 e. The van der Waals surface area contributed by atoms with Crippen LogP contribution in [-0.2, 0) is 0 Å². The topological polar surface area (TPSA) is 86.5 Å². The molecule has 0 aliphatic rings. The second-order valence-electron chi connectivity index (χ2n) is 8.28. The molecule has 0 saturated heterocycles. The van der Waals surface area contributed by atoms with Crippen LogP contribution in [0.1, 0.15) is 19.4 Å². The molecular formula is C25H25N3O4S. The smallest absolute Gasteiger partial charge is 0.287 e. The molecule has 2 aromatic heterocycles. The summed E-state index contributed by atoms with van der Waals surface area (Å²) < 4.78 is 12.6. The van der Waals surface area contributed by atoms with Crippen LogP contribution in [0.25, 0.3) is 16.6 Å². The highest BCUT2D eigenvalue weighted by molar-refractivity contribution is 7.99. The molecule has 1 N–H and O–H groups in total. The van der Waals surface area contributed by atoms with Crippen LogP contribution in [0.2, 0.25) is 0 Å². The number of nitrogens with zero attached hydrogens (tertiary/aromatic N) is 3. The maximum absolute atomic E-state index is 13.3. The van der Waals surface area contributed by atoms with Crippen molar-refractivity contribution in [3.8, 4) is 17.2 Å². The molecule has 2 aromatic carbocycles. The number of aliphatic hydroxyl groups is 1. The second-order valence-corrected chi connectivity index (χ2v) is 9.31. The minimum atomic E-state index is -0.978. The SMILES string of the molecule is COc1cc(-n2ccnc(Sc3ccnc4cc(C)ccc34)c2=O)ccc1OCC(C)(C)O. The van der Waals surface area contributed by atoms with Crippen LogP contribution in [-0.4, -0.2) is 39.0 Å². The zero-order chi connectivity index (χ0) is 23.6. The average Bonchev–Trinajstić information content (AvgIpc) is 2.78. The highest BCUT2D eigenvalue weighted by atomic mass is 32.2. The minimum absolute atomic E-state index is 0.109. The monoisotopic (exact) mass is 463 g/mol. The van der Waals surface area contributed by atoms with Gasteiger partial charge in [-0.15, -0.1) is 0 Å². The molecule has 4 aromatic rings. The highest BCUT2D eigenvalue weighted by Gasteiger charge is 2.17. The summed E-state index contributed by atoms with van der Waals surface area (Å²) in [7, 11) is 1.53. The number of aryl methyl sites for hydroxylation is 1. The van der Waals surface area contributed by atoms with Gasteiger partial charge in [-0.1, -0.05) is 23.9 Å². The van der Waals surface area contributed by atoms with E-state index in [1.165, 1.54) is 23.4 Å². The third-order valence-electron chi connectivity index (χ3n) is 4.88. The molecule has 4 rings (SSSR count). The van der Waals surface area contributed by atoms with E-state index in [0.29, 0.717) is 22.2 Å². The number of ether oxygens (including phenoxy) is 2. The molecule has 0 spiro atoms. The van der Waals surface area contributed by atoms with E-state index in [1.807, 2.05) is 31.2 Å². The Labute approximate surface area is 196 Å². The molecule has 0 radical (unpaired) electrons. The number of fused-ring (bicyclic) bond motifs is 1. The lowest BCUT2D eigenvalue weighted by atomic mass is 10.1. The molecule has 2 heterocycles. The van der Waals surface area contributed by atoms with E-state index >= 15 is 0 Å². The molecule has 0 bridgehead atoms. The molecular weight excluding hydrogens is 438 g/mol. The van der Waals surface area contributed by atoms with Gasteiger partial charge in [0.05, 0.1) is 23.9 Å². The number of pyridine rings is 1. The fourth-order valence-corrected chi connectivity index (χ4v) is 4.19. The van der Waals surface area contributed by atoms with Crippen molar-refractivity contribution in [3.05, 3.63) is 77.0 Å². The molecule has 0 aliphatic heterocycles. The molecule has 0 unspecified atom stereocenters. The van der Waals surface area contributed by atoms with Crippen LogP contribution >= 0.6 is 11.8 Å². The molecule has 8 heteroatoms. The van der Waals surface area contributed by atoms with Crippen molar-refractivity contribution in [2.75, 3.05) is 13.7 Å². The van der Waals surface area contributed by atoms with E-state index in [0.717, 1.165) is 21.4 Å². The molecule has 0 saturated carbocycles. The Bertz CT molecular complexity index is 1360. The molecule has 170 valence electrons. The van der Waals surface area contributed by atoms with E-state index in [4.69, 9.17) is 9.47 Å². The van der Waals surface area contributed by atoms with Crippen molar-refractivity contribution in [3.63, 3.8) is 0 Å². The first-order valence-corrected chi connectivity index (χ1v) is 11.2. The van der Waals surface area contributed by atoms with Crippen LogP contribution in [0.3, 0.4) is 0 Å². The lowest BCUT2D eigenvalue weighted by molar-refractivity contribution is 0.0276. The number of benzene rings is 2. The Morgan fingerprint density at radius 2 is 1.88 bits per heavy atom. The van der Waals surface area contributed by atoms with Gasteiger partial charge < -0.3 is 14.6 Å². The first-order valence-electron chi connectivity index (χ1n) is 10.4. The minimum Gasteiger partial charge on any atom is -0.493 e. The maximum atomic E-state index is 13.3. The first-order chi connectivity index (χ1) is 15.7. The number of rotatable bonds is 7. The fourth-order valence-electron chi connectivity index (χ4n) is 3.27. The van der Waals surface area contributed by atoms with E-state index in [1.54, 1.807) is 50.6 Å². The number of hydrogen-bond acceptors (Lipinski definition) is 7. The van der Waals surface area contributed by atoms with Crippen LogP contribution in [0.15, 0.2) is 75.8 Å². The summed E-state index contributed by atoms with van der Waals surface area (Å²) >= 11 is 1.31. The Morgan fingerprint density at radius 3 is 2.64 bits per heavy atom. The van der Waals surface area contributed by atoms with E-state index < -0.39 is 5.60 Å². The molecule has 0 atom stereocenters. The highest BCUT2D eigenvalue weighted by Crippen LogP contribution is 2.32. The quantitative estimate of drug-likeness (QED) is 0.435. The summed E-state index contributed by atoms with van der Waals surface area (Å²) in [6.07, 6.45) is 4.96. The van der Waals surface area contributed by atoms with Gasteiger partial charge in [0.2, 0.25) is 0 Å². The summed E-state index contributed by atoms with van der Waals surface area (Å²) in [5.41, 5.74) is 1.40. The van der Waals surface area contributed by atoms with Gasteiger partial charge in [-0.05, 0) is 50.6 Å². The normalized spacial score (nSPS) is 11.5. The van der Waals surface area contributed by atoms with Crippen molar-refractivity contribution in [1.29, 1.82) is 0 Å². The van der Waals surface area contributed by atoms with E-state index in [-0.39, 0.29) is 12.2 Å². The largest absolute Gasteiger partial charge is 0.493 e. The average molecular weight is 464 g/mol. The lowest BCUT2D eigenvalue weighted by Gasteiger charge is -2.19. The summed E-state index contributed by atoms with van der Waals surface area (Å²) in [5, 5.41) is 11.2. The predicted octanol–water partition coefficient (Wildman–Crippen LogP) is 4.40. The zero-order valence-electron chi connectivity index (χ0n) is 18.9. The Morgan fingerprint density at radius 1 is 1.06 bits per heavy atom. The molecule has 0 fully saturated rings. The number of methoxy groups -OCH3 is 1. The van der Waals surface area contributed by atoms with Gasteiger partial charge in [-0.25, -0.2) is 4.98 Å². The van der Waals surface area contributed by atoms with E-state index in [2.05, 4.69) is 9.97 Å². The van der Waals surface area contributed by atoms with Crippen molar-refractivity contribution in [1.82, 2.24) is 14.5 Å². The first kappa shape index (κ1) is 22.8.